The van der Waals surface area contributed by atoms with Crippen molar-refractivity contribution < 1.29 is 13.3 Å². The molecule has 10 heteroatoms. The molecule has 0 bridgehead atoms. The Morgan fingerprint density at radius 3 is 2.46 bits per heavy atom. The fraction of sp³-hybridized carbons (Fsp3) is 0.500. The van der Waals surface area contributed by atoms with E-state index in [1.165, 1.54) is 16.4 Å². The molecule has 1 aromatic heterocycles. The van der Waals surface area contributed by atoms with Crippen LogP contribution in [0.4, 0.5) is 11.4 Å². The molecule has 0 saturated carbocycles. The van der Waals surface area contributed by atoms with Gasteiger partial charge in [0.2, 0.25) is 10.0 Å². The predicted molar refractivity (Wildman–Crippen MR) is 106 cm³/mol. The van der Waals surface area contributed by atoms with Crippen LogP contribution in [0.25, 0.3) is 0 Å². The number of sulfonamides is 1. The molecule has 2 aromatic rings. The molecule has 0 amide bonds. The molecule has 9 nitrogen and oxygen atoms in total. The van der Waals surface area contributed by atoms with Crippen molar-refractivity contribution in [1.29, 1.82) is 0 Å². The zero-order valence-electron chi connectivity index (χ0n) is 16.1. The highest BCUT2D eigenvalue weighted by Crippen LogP contribution is 2.30. The smallest absolute Gasteiger partial charge is 0.293 e. The third-order valence-electron chi connectivity index (χ3n) is 5.17. The van der Waals surface area contributed by atoms with Crippen molar-refractivity contribution in [2.24, 2.45) is 7.05 Å². The average Bonchev–Trinajstić information content (AvgIpc) is 2.87. The van der Waals surface area contributed by atoms with Crippen molar-refractivity contribution in [2.45, 2.75) is 44.0 Å². The van der Waals surface area contributed by atoms with Crippen LogP contribution in [0, 0.1) is 17.0 Å². The Balaban J connectivity index is 1.86. The second-order valence-electron chi connectivity index (χ2n) is 6.99. The second-order valence-corrected chi connectivity index (χ2v) is 8.92. The van der Waals surface area contributed by atoms with Gasteiger partial charge in [0.15, 0.2) is 0 Å². The highest BCUT2D eigenvalue weighted by Gasteiger charge is 2.28. The van der Waals surface area contributed by atoms with Gasteiger partial charge in [-0.15, -0.1) is 0 Å². The van der Waals surface area contributed by atoms with Gasteiger partial charge in [-0.1, -0.05) is 12.8 Å². The molecule has 3 rings (SSSR count). The predicted octanol–water partition coefficient (Wildman–Crippen LogP) is 2.81. The first-order valence-corrected chi connectivity index (χ1v) is 10.7. The monoisotopic (exact) mass is 407 g/mol. The van der Waals surface area contributed by atoms with Crippen LogP contribution in [0.3, 0.4) is 0 Å². The molecule has 152 valence electrons. The van der Waals surface area contributed by atoms with Crippen molar-refractivity contribution >= 4 is 21.4 Å². The first kappa shape index (κ1) is 20.3. The summed E-state index contributed by atoms with van der Waals surface area (Å²) >= 11 is 0. The number of aryl methyl sites for hydroxylation is 1. The van der Waals surface area contributed by atoms with Gasteiger partial charge in [0.25, 0.3) is 5.69 Å². The Kier molecular flexibility index (Phi) is 5.99. The number of rotatable bonds is 6. The Bertz CT molecular complexity index is 962. The van der Waals surface area contributed by atoms with Gasteiger partial charge in [-0.25, -0.2) is 8.42 Å². The lowest BCUT2D eigenvalue weighted by Gasteiger charge is -2.20. The zero-order valence-corrected chi connectivity index (χ0v) is 16.9. The van der Waals surface area contributed by atoms with Crippen LogP contribution in [0.1, 0.15) is 36.9 Å². The van der Waals surface area contributed by atoms with Crippen molar-refractivity contribution in [1.82, 2.24) is 14.1 Å². The van der Waals surface area contributed by atoms with Gasteiger partial charge in [-0.3, -0.25) is 14.8 Å². The highest BCUT2D eigenvalue weighted by atomic mass is 32.2. The molecule has 0 aliphatic carbocycles. The highest BCUT2D eigenvalue weighted by molar-refractivity contribution is 7.89. The lowest BCUT2D eigenvalue weighted by Crippen LogP contribution is -2.32. The fourth-order valence-electron chi connectivity index (χ4n) is 3.31. The van der Waals surface area contributed by atoms with Crippen molar-refractivity contribution in [3.63, 3.8) is 0 Å². The van der Waals surface area contributed by atoms with E-state index in [-0.39, 0.29) is 16.3 Å². The topological polar surface area (TPSA) is 110 Å². The van der Waals surface area contributed by atoms with Crippen LogP contribution < -0.4 is 5.32 Å². The quantitative estimate of drug-likeness (QED) is 0.582. The van der Waals surface area contributed by atoms with Gasteiger partial charge in [0, 0.05) is 44.0 Å². The van der Waals surface area contributed by atoms with Crippen LogP contribution in [-0.4, -0.2) is 40.5 Å². The van der Waals surface area contributed by atoms with E-state index in [0.29, 0.717) is 19.6 Å². The fourth-order valence-corrected chi connectivity index (χ4v) is 4.85. The van der Waals surface area contributed by atoms with E-state index in [4.69, 9.17) is 0 Å². The van der Waals surface area contributed by atoms with Crippen LogP contribution in [0.5, 0.6) is 0 Å². The standard InChI is InChI=1S/C18H25N5O4S/c1-14-15(13-20-21(14)2)12-19-17-8-7-16(11-18(17)23(24)25)28(26,27)22-9-5-3-4-6-10-22/h7-8,11,13,19H,3-6,9-10,12H2,1-2H3. The van der Waals surface area contributed by atoms with E-state index in [0.717, 1.165) is 43.0 Å². The van der Waals surface area contributed by atoms with Gasteiger partial charge in [0.05, 0.1) is 16.0 Å². The number of anilines is 1. The van der Waals surface area contributed by atoms with E-state index in [1.807, 2.05) is 14.0 Å². The van der Waals surface area contributed by atoms with Gasteiger partial charge in [0.1, 0.15) is 5.69 Å². The third-order valence-corrected chi connectivity index (χ3v) is 7.07. The summed E-state index contributed by atoms with van der Waals surface area (Å²) in [5.41, 5.74) is 1.90. The number of aromatic nitrogens is 2. The summed E-state index contributed by atoms with van der Waals surface area (Å²) in [6.07, 6.45) is 5.33. The molecule has 0 unspecified atom stereocenters. The lowest BCUT2D eigenvalue weighted by atomic mass is 10.2. The average molecular weight is 407 g/mol. The van der Waals surface area contributed by atoms with Crippen LogP contribution in [0.15, 0.2) is 29.3 Å². The molecular weight excluding hydrogens is 382 g/mol. The number of benzene rings is 1. The molecule has 1 aromatic carbocycles. The maximum absolute atomic E-state index is 12.9. The summed E-state index contributed by atoms with van der Waals surface area (Å²) < 4.78 is 29.0. The second kappa shape index (κ2) is 8.27. The number of nitrogens with zero attached hydrogens (tertiary/aromatic N) is 4. The number of nitro groups is 1. The Morgan fingerprint density at radius 2 is 1.89 bits per heavy atom. The minimum atomic E-state index is -3.74. The number of hydrogen-bond donors (Lipinski definition) is 1. The van der Waals surface area contributed by atoms with Crippen LogP contribution in [-0.2, 0) is 23.6 Å². The van der Waals surface area contributed by atoms with Gasteiger partial charge >= 0.3 is 0 Å². The molecule has 1 saturated heterocycles. The zero-order chi connectivity index (χ0) is 20.3. The normalized spacial score (nSPS) is 15.9. The molecular formula is C18H25N5O4S. The maximum atomic E-state index is 12.9. The molecule has 0 radical (unpaired) electrons. The van der Waals surface area contributed by atoms with Crippen molar-refractivity contribution in [2.75, 3.05) is 18.4 Å². The molecule has 1 fully saturated rings. The van der Waals surface area contributed by atoms with Crippen molar-refractivity contribution in [3.8, 4) is 0 Å². The summed E-state index contributed by atoms with van der Waals surface area (Å²) in [5.74, 6) is 0. The van der Waals surface area contributed by atoms with Gasteiger partial charge in [-0.2, -0.15) is 9.40 Å². The summed E-state index contributed by atoms with van der Waals surface area (Å²) in [6.45, 7) is 3.18. The first-order chi connectivity index (χ1) is 13.3. The molecule has 0 spiro atoms. The largest absolute Gasteiger partial charge is 0.375 e. The maximum Gasteiger partial charge on any atom is 0.293 e. The molecule has 2 heterocycles. The number of nitro benzene ring substituents is 1. The van der Waals surface area contributed by atoms with Crippen LogP contribution in [0.2, 0.25) is 0 Å². The number of hydrogen-bond acceptors (Lipinski definition) is 6. The van der Waals surface area contributed by atoms with Crippen molar-refractivity contribution in [3.05, 3.63) is 45.8 Å². The van der Waals surface area contributed by atoms with Gasteiger partial charge < -0.3 is 5.32 Å². The summed E-state index contributed by atoms with van der Waals surface area (Å²) in [4.78, 5) is 11.0. The van der Waals surface area contributed by atoms with Gasteiger partial charge in [-0.05, 0) is 31.9 Å². The Labute approximate surface area is 164 Å². The molecule has 1 aliphatic heterocycles. The number of nitrogens with one attached hydrogen (secondary N) is 1. The Morgan fingerprint density at radius 1 is 1.21 bits per heavy atom. The molecule has 1 aliphatic rings. The van der Waals surface area contributed by atoms with E-state index in [9.17, 15) is 18.5 Å². The summed E-state index contributed by atoms with van der Waals surface area (Å²) in [7, 11) is -1.92. The third kappa shape index (κ3) is 4.17. The molecule has 0 atom stereocenters. The Hall–Kier alpha value is -2.46. The minimum Gasteiger partial charge on any atom is -0.375 e. The van der Waals surface area contributed by atoms with E-state index >= 15 is 0 Å². The van der Waals surface area contributed by atoms with E-state index in [1.54, 1.807) is 10.9 Å². The first-order valence-electron chi connectivity index (χ1n) is 9.30. The van der Waals surface area contributed by atoms with E-state index in [2.05, 4.69) is 10.4 Å². The lowest BCUT2D eigenvalue weighted by molar-refractivity contribution is -0.384. The molecule has 28 heavy (non-hydrogen) atoms. The SMILES string of the molecule is Cc1c(CNc2ccc(S(=O)(=O)N3CCCCCC3)cc2[N+](=O)[O-])cnn1C. The molecule has 1 N–H and O–H groups in total. The van der Waals surface area contributed by atoms with E-state index < -0.39 is 14.9 Å². The summed E-state index contributed by atoms with van der Waals surface area (Å²) in [5, 5.41) is 18.7. The van der Waals surface area contributed by atoms with Crippen LogP contribution >= 0.6 is 0 Å². The minimum absolute atomic E-state index is 0.0378. The summed E-state index contributed by atoms with van der Waals surface area (Å²) in [6, 6.07) is 4.05.